The van der Waals surface area contributed by atoms with Gasteiger partial charge in [0.25, 0.3) is 0 Å². The minimum absolute atomic E-state index is 0.567. The smallest absolute Gasteiger partial charge is 0.119 e. The van der Waals surface area contributed by atoms with E-state index >= 15 is 0 Å². The first kappa shape index (κ1) is 11.2. The van der Waals surface area contributed by atoms with Gasteiger partial charge in [-0.2, -0.15) is 0 Å². The van der Waals surface area contributed by atoms with Gasteiger partial charge in [-0.05, 0) is 48.3 Å². The molecule has 2 bridgehead atoms. The van der Waals surface area contributed by atoms with Crippen molar-refractivity contribution in [3.8, 4) is 5.75 Å². The van der Waals surface area contributed by atoms with E-state index in [-0.39, 0.29) is 0 Å². The third-order valence-corrected chi connectivity index (χ3v) is 4.27. The van der Waals surface area contributed by atoms with E-state index in [4.69, 9.17) is 16.3 Å². The standard InChI is InChI=1S/C15H17ClO/c16-9-11-2-5-15(6-3-11)17-10-14-8-12-1-4-13(14)7-12/h1-6,12-14H,7-10H2/t12-,13+,14?/m1/s1. The molecule has 0 spiro atoms. The SMILES string of the molecule is ClCc1ccc(OCC2C[C@@H]3C=C[C@H]2C3)cc1. The van der Waals surface area contributed by atoms with E-state index in [0.29, 0.717) is 5.88 Å². The first-order valence-electron chi connectivity index (χ1n) is 6.31. The summed E-state index contributed by atoms with van der Waals surface area (Å²) in [7, 11) is 0. The molecule has 1 aromatic rings. The largest absolute Gasteiger partial charge is 0.493 e. The molecular weight excluding hydrogens is 232 g/mol. The Morgan fingerprint density at radius 3 is 2.53 bits per heavy atom. The molecule has 1 unspecified atom stereocenters. The highest BCUT2D eigenvalue weighted by Gasteiger charge is 2.35. The molecule has 1 saturated carbocycles. The van der Waals surface area contributed by atoms with Crippen LogP contribution in [0.3, 0.4) is 0 Å². The predicted octanol–water partition coefficient (Wildman–Crippen LogP) is 4.02. The molecule has 17 heavy (non-hydrogen) atoms. The monoisotopic (exact) mass is 248 g/mol. The maximum absolute atomic E-state index is 5.87. The number of allylic oxidation sites excluding steroid dienone is 2. The molecule has 0 N–H and O–H groups in total. The maximum atomic E-state index is 5.87. The molecule has 3 rings (SSSR count). The van der Waals surface area contributed by atoms with Crippen molar-refractivity contribution < 1.29 is 4.74 Å². The second-order valence-corrected chi connectivity index (χ2v) is 5.40. The fourth-order valence-corrected chi connectivity index (χ4v) is 3.14. The summed E-state index contributed by atoms with van der Waals surface area (Å²) in [6, 6.07) is 8.09. The van der Waals surface area contributed by atoms with Crippen LogP contribution in [0.2, 0.25) is 0 Å². The predicted molar refractivity (Wildman–Crippen MR) is 70.3 cm³/mol. The zero-order chi connectivity index (χ0) is 11.7. The van der Waals surface area contributed by atoms with Crippen LogP contribution in [0.25, 0.3) is 0 Å². The number of rotatable bonds is 4. The lowest BCUT2D eigenvalue weighted by atomic mass is 9.95. The van der Waals surface area contributed by atoms with Gasteiger partial charge >= 0.3 is 0 Å². The van der Waals surface area contributed by atoms with Crippen LogP contribution in [0.4, 0.5) is 0 Å². The molecule has 1 aromatic carbocycles. The first-order valence-corrected chi connectivity index (χ1v) is 6.84. The Hall–Kier alpha value is -0.950. The number of halogens is 1. The van der Waals surface area contributed by atoms with Gasteiger partial charge in [0.05, 0.1) is 6.61 Å². The molecule has 2 aliphatic rings. The molecule has 1 fully saturated rings. The zero-order valence-electron chi connectivity index (χ0n) is 9.81. The Balaban J connectivity index is 1.55. The highest BCUT2D eigenvalue weighted by molar-refractivity contribution is 6.17. The highest BCUT2D eigenvalue weighted by Crippen LogP contribution is 2.43. The van der Waals surface area contributed by atoms with Crippen molar-refractivity contribution in [3.05, 3.63) is 42.0 Å². The Morgan fingerprint density at radius 2 is 1.94 bits per heavy atom. The van der Waals surface area contributed by atoms with Crippen LogP contribution in [0.5, 0.6) is 5.75 Å². The van der Waals surface area contributed by atoms with E-state index in [2.05, 4.69) is 12.2 Å². The minimum atomic E-state index is 0.567. The van der Waals surface area contributed by atoms with E-state index in [9.17, 15) is 0 Å². The Kier molecular flexibility index (Phi) is 3.11. The molecule has 0 saturated heterocycles. The number of hydrogen-bond acceptors (Lipinski definition) is 1. The molecule has 3 atom stereocenters. The van der Waals surface area contributed by atoms with Crippen LogP contribution >= 0.6 is 11.6 Å². The van der Waals surface area contributed by atoms with Crippen molar-refractivity contribution in [3.63, 3.8) is 0 Å². The Morgan fingerprint density at radius 1 is 1.12 bits per heavy atom. The van der Waals surface area contributed by atoms with Gasteiger partial charge in [0, 0.05) is 5.88 Å². The summed E-state index contributed by atoms with van der Waals surface area (Å²) in [6.07, 6.45) is 7.40. The molecule has 2 heteroatoms. The second kappa shape index (κ2) is 4.73. The van der Waals surface area contributed by atoms with E-state index in [1.54, 1.807) is 0 Å². The van der Waals surface area contributed by atoms with Crippen LogP contribution in [-0.4, -0.2) is 6.61 Å². The van der Waals surface area contributed by atoms with Crippen LogP contribution < -0.4 is 4.74 Å². The molecule has 0 radical (unpaired) electrons. The summed E-state index contributed by atoms with van der Waals surface area (Å²) in [4.78, 5) is 0. The number of ether oxygens (including phenoxy) is 1. The molecule has 0 heterocycles. The molecular formula is C15H17ClO. The number of hydrogen-bond donors (Lipinski definition) is 0. The van der Waals surface area contributed by atoms with Crippen LogP contribution in [0.15, 0.2) is 36.4 Å². The van der Waals surface area contributed by atoms with Gasteiger partial charge in [0.1, 0.15) is 5.75 Å². The van der Waals surface area contributed by atoms with Crippen molar-refractivity contribution in [2.75, 3.05) is 6.61 Å². The maximum Gasteiger partial charge on any atom is 0.119 e. The highest BCUT2D eigenvalue weighted by atomic mass is 35.5. The number of benzene rings is 1. The molecule has 1 nitrogen and oxygen atoms in total. The van der Waals surface area contributed by atoms with Crippen molar-refractivity contribution in [1.82, 2.24) is 0 Å². The Bertz CT molecular complexity index is 409. The minimum Gasteiger partial charge on any atom is -0.493 e. The van der Waals surface area contributed by atoms with Crippen LogP contribution in [0, 0.1) is 17.8 Å². The van der Waals surface area contributed by atoms with Crippen LogP contribution in [-0.2, 0) is 5.88 Å². The lowest BCUT2D eigenvalue weighted by Crippen LogP contribution is -2.16. The quantitative estimate of drug-likeness (QED) is 0.578. The van der Waals surface area contributed by atoms with E-state index in [0.717, 1.165) is 35.7 Å². The van der Waals surface area contributed by atoms with E-state index in [1.807, 2.05) is 24.3 Å². The summed E-state index contributed by atoms with van der Waals surface area (Å²) >= 11 is 5.75. The summed E-state index contributed by atoms with van der Waals surface area (Å²) in [5, 5.41) is 0. The van der Waals surface area contributed by atoms with E-state index in [1.165, 1.54) is 12.8 Å². The van der Waals surface area contributed by atoms with Crippen molar-refractivity contribution in [2.24, 2.45) is 17.8 Å². The normalized spacial score (nSPS) is 29.8. The van der Waals surface area contributed by atoms with Crippen molar-refractivity contribution >= 4 is 11.6 Å². The first-order chi connectivity index (χ1) is 8.35. The van der Waals surface area contributed by atoms with Gasteiger partial charge < -0.3 is 4.74 Å². The molecule has 90 valence electrons. The molecule has 0 aromatic heterocycles. The lowest BCUT2D eigenvalue weighted by Gasteiger charge is -2.18. The Labute approximate surface area is 107 Å². The van der Waals surface area contributed by atoms with Gasteiger partial charge in [0.2, 0.25) is 0 Å². The van der Waals surface area contributed by atoms with Gasteiger partial charge in [0.15, 0.2) is 0 Å². The molecule has 0 amide bonds. The average molecular weight is 249 g/mol. The zero-order valence-corrected chi connectivity index (χ0v) is 10.6. The second-order valence-electron chi connectivity index (χ2n) is 5.13. The fourth-order valence-electron chi connectivity index (χ4n) is 2.96. The third-order valence-electron chi connectivity index (χ3n) is 3.96. The summed E-state index contributed by atoms with van der Waals surface area (Å²) in [5.41, 5.74) is 1.14. The average Bonchev–Trinajstić information content (AvgIpc) is 2.99. The van der Waals surface area contributed by atoms with Crippen LogP contribution in [0.1, 0.15) is 18.4 Å². The van der Waals surface area contributed by atoms with Gasteiger partial charge in [-0.1, -0.05) is 24.3 Å². The molecule has 0 aliphatic heterocycles. The molecule has 2 aliphatic carbocycles. The number of fused-ring (bicyclic) bond motifs is 2. The van der Waals surface area contributed by atoms with E-state index < -0.39 is 0 Å². The summed E-state index contributed by atoms with van der Waals surface area (Å²) in [5.74, 6) is 3.84. The van der Waals surface area contributed by atoms with Crippen molar-refractivity contribution in [2.45, 2.75) is 18.7 Å². The van der Waals surface area contributed by atoms with Crippen molar-refractivity contribution in [1.29, 1.82) is 0 Å². The third kappa shape index (κ3) is 2.35. The summed E-state index contributed by atoms with van der Waals surface area (Å²) < 4.78 is 5.87. The summed E-state index contributed by atoms with van der Waals surface area (Å²) in [6.45, 7) is 0.853. The van der Waals surface area contributed by atoms with Gasteiger partial charge in [-0.25, -0.2) is 0 Å². The lowest BCUT2D eigenvalue weighted by molar-refractivity contribution is 0.227. The van der Waals surface area contributed by atoms with Gasteiger partial charge in [-0.3, -0.25) is 0 Å². The van der Waals surface area contributed by atoms with Gasteiger partial charge in [-0.15, -0.1) is 11.6 Å². The topological polar surface area (TPSA) is 9.23 Å². The number of alkyl halides is 1. The fraction of sp³-hybridized carbons (Fsp3) is 0.467.